The largest absolute Gasteiger partial charge is 0.309 e. The maximum Gasteiger partial charge on any atom is 0.0623 e. The van der Waals surface area contributed by atoms with Gasteiger partial charge in [0, 0.05) is 44.3 Å². The Morgan fingerprint density at radius 3 is 1.64 bits per heavy atom. The van der Waals surface area contributed by atoms with Crippen LogP contribution in [0, 0.1) is 0 Å². The smallest absolute Gasteiger partial charge is 0.0623 e. The molecule has 0 unspecified atom stereocenters. The van der Waals surface area contributed by atoms with Crippen molar-refractivity contribution in [1.82, 2.24) is 4.57 Å². The highest BCUT2D eigenvalue weighted by molar-refractivity contribution is 6.18. The van der Waals surface area contributed by atoms with E-state index in [1.807, 2.05) is 0 Å². The molecule has 0 N–H and O–H groups in total. The number of anilines is 3. The Hall–Kier alpha value is -8.46. The fraction of sp³-hybridized carbons (Fsp3) is 0.0746. The van der Waals surface area contributed by atoms with Gasteiger partial charge in [-0.25, -0.2) is 0 Å². The van der Waals surface area contributed by atoms with E-state index in [2.05, 4.69) is 252 Å². The highest BCUT2D eigenvalue weighted by Crippen LogP contribution is 2.62. The maximum absolute atomic E-state index is 2.55. The second-order valence-corrected chi connectivity index (χ2v) is 19.1. The summed E-state index contributed by atoms with van der Waals surface area (Å²) in [5.74, 6) is 0. The Kier molecular flexibility index (Phi) is 9.10. The SMILES string of the molecule is c1ccc(-n2c3ccccc3c3cc(-c4ccc(-c5ccccc5N(c5ccc6ccccc6c5)c5ccccc5-c5ccc6ccccc6c5)cc4)c4c(c32)-c2ccccc2C42CCCC2)cc1. The first-order valence-electron chi connectivity index (χ1n) is 24.5. The number of aromatic nitrogens is 1. The molecule has 11 aromatic carbocycles. The van der Waals surface area contributed by atoms with E-state index in [-0.39, 0.29) is 5.41 Å². The molecule has 1 spiro atoms. The van der Waals surface area contributed by atoms with Crippen LogP contribution in [0.5, 0.6) is 0 Å². The molecule has 14 rings (SSSR count). The Morgan fingerprint density at radius 2 is 0.913 bits per heavy atom. The van der Waals surface area contributed by atoms with Gasteiger partial charge in [0.05, 0.1) is 22.4 Å². The molecule has 2 nitrogen and oxygen atoms in total. The van der Waals surface area contributed by atoms with Crippen LogP contribution in [0.4, 0.5) is 17.1 Å². The lowest BCUT2D eigenvalue weighted by Gasteiger charge is -2.30. The van der Waals surface area contributed by atoms with Crippen LogP contribution in [0.15, 0.2) is 243 Å². The van der Waals surface area contributed by atoms with Crippen molar-refractivity contribution in [2.45, 2.75) is 31.1 Å². The molecule has 0 radical (unpaired) electrons. The third kappa shape index (κ3) is 6.18. The van der Waals surface area contributed by atoms with E-state index < -0.39 is 0 Å². The molecule has 1 saturated carbocycles. The quantitative estimate of drug-likeness (QED) is 0.155. The number of fused-ring (bicyclic) bond motifs is 11. The van der Waals surface area contributed by atoms with E-state index in [0.717, 1.165) is 29.9 Å². The van der Waals surface area contributed by atoms with Crippen molar-refractivity contribution < 1.29 is 0 Å². The van der Waals surface area contributed by atoms with Gasteiger partial charge in [0.25, 0.3) is 0 Å². The zero-order chi connectivity index (χ0) is 45.5. The Bertz CT molecular complexity index is 3960. The standard InChI is InChI=1S/C67H48N2/c1-2-22-52(23-3-1)69-63-31-15-11-26-56(63)59-44-58(65-64(66(59)69)57-27-8-12-28-60(57)67(65)40-16-17-41-67)48-35-33-47(34-36-48)54-24-9-13-29-61(54)68(53-39-38-46-19-5-7-21-50(46)43-53)62-30-14-10-25-55(62)51-37-32-45-18-4-6-20-49(45)42-51/h1-15,18-39,42-44H,16-17,40-41H2. The first-order valence-corrected chi connectivity index (χ1v) is 24.5. The Labute approximate surface area is 403 Å². The van der Waals surface area contributed by atoms with Crippen LogP contribution < -0.4 is 4.90 Å². The number of rotatable bonds is 7. The van der Waals surface area contributed by atoms with E-state index in [1.165, 1.54) is 118 Å². The number of benzene rings is 11. The highest BCUT2D eigenvalue weighted by Gasteiger charge is 2.48. The summed E-state index contributed by atoms with van der Waals surface area (Å²) in [6, 6.07) is 90.3. The van der Waals surface area contributed by atoms with Crippen LogP contribution in [0.3, 0.4) is 0 Å². The first-order chi connectivity index (χ1) is 34.2. The lowest BCUT2D eigenvalue weighted by atomic mass is 9.73. The molecule has 0 saturated heterocycles. The monoisotopic (exact) mass is 880 g/mol. The molecule has 69 heavy (non-hydrogen) atoms. The fourth-order valence-corrected chi connectivity index (χ4v) is 12.4. The lowest BCUT2D eigenvalue weighted by molar-refractivity contribution is 0.551. The zero-order valence-corrected chi connectivity index (χ0v) is 38.3. The van der Waals surface area contributed by atoms with Gasteiger partial charge in [-0.2, -0.15) is 0 Å². The van der Waals surface area contributed by atoms with Crippen molar-refractivity contribution in [3.05, 3.63) is 254 Å². The molecular weight excluding hydrogens is 833 g/mol. The molecule has 326 valence electrons. The summed E-state index contributed by atoms with van der Waals surface area (Å²) in [6.45, 7) is 0. The average molecular weight is 881 g/mol. The van der Waals surface area contributed by atoms with Gasteiger partial charge in [0.2, 0.25) is 0 Å². The highest BCUT2D eigenvalue weighted by atomic mass is 15.1. The summed E-state index contributed by atoms with van der Waals surface area (Å²) >= 11 is 0. The van der Waals surface area contributed by atoms with Crippen molar-refractivity contribution in [2.24, 2.45) is 0 Å². The molecule has 2 heteroatoms. The topological polar surface area (TPSA) is 8.17 Å². The minimum atomic E-state index is -0.0303. The molecule has 0 atom stereocenters. The Morgan fingerprint density at radius 1 is 0.377 bits per heavy atom. The van der Waals surface area contributed by atoms with E-state index in [4.69, 9.17) is 0 Å². The molecule has 2 aliphatic rings. The van der Waals surface area contributed by atoms with Gasteiger partial charge >= 0.3 is 0 Å². The molecule has 1 aromatic heterocycles. The van der Waals surface area contributed by atoms with Gasteiger partial charge in [-0.1, -0.05) is 201 Å². The molecule has 0 bridgehead atoms. The van der Waals surface area contributed by atoms with Gasteiger partial charge in [0.1, 0.15) is 0 Å². The molecule has 0 amide bonds. The number of para-hydroxylation sites is 4. The zero-order valence-electron chi connectivity index (χ0n) is 38.3. The summed E-state index contributed by atoms with van der Waals surface area (Å²) in [5, 5.41) is 7.50. The van der Waals surface area contributed by atoms with Crippen LogP contribution in [0.2, 0.25) is 0 Å². The molecule has 1 fully saturated rings. The fourth-order valence-electron chi connectivity index (χ4n) is 12.4. The third-order valence-electron chi connectivity index (χ3n) is 15.5. The van der Waals surface area contributed by atoms with Crippen molar-refractivity contribution in [3.63, 3.8) is 0 Å². The van der Waals surface area contributed by atoms with E-state index >= 15 is 0 Å². The molecular formula is C67H48N2. The normalized spacial score (nSPS) is 13.7. The number of hydrogen-bond acceptors (Lipinski definition) is 1. The van der Waals surface area contributed by atoms with Crippen LogP contribution >= 0.6 is 0 Å². The Balaban J connectivity index is 0.967. The van der Waals surface area contributed by atoms with Gasteiger partial charge in [0.15, 0.2) is 0 Å². The second kappa shape index (κ2) is 15.8. The van der Waals surface area contributed by atoms with Gasteiger partial charge in [-0.15, -0.1) is 0 Å². The predicted octanol–water partition coefficient (Wildman–Crippen LogP) is 18.4. The summed E-state index contributed by atoms with van der Waals surface area (Å²) in [6.07, 6.45) is 4.80. The minimum absolute atomic E-state index is 0.0303. The van der Waals surface area contributed by atoms with Crippen LogP contribution in [-0.4, -0.2) is 4.57 Å². The van der Waals surface area contributed by atoms with Gasteiger partial charge in [-0.3, -0.25) is 0 Å². The molecule has 12 aromatic rings. The van der Waals surface area contributed by atoms with E-state index in [0.29, 0.717) is 0 Å². The summed E-state index contributed by atoms with van der Waals surface area (Å²) in [5.41, 5.74) is 20.3. The van der Waals surface area contributed by atoms with Crippen molar-refractivity contribution in [1.29, 1.82) is 0 Å². The van der Waals surface area contributed by atoms with Gasteiger partial charge in [-0.05, 0) is 128 Å². The van der Waals surface area contributed by atoms with Crippen LogP contribution in [0.1, 0.15) is 36.8 Å². The summed E-state index contributed by atoms with van der Waals surface area (Å²) in [7, 11) is 0. The lowest BCUT2D eigenvalue weighted by Crippen LogP contribution is -2.21. The summed E-state index contributed by atoms with van der Waals surface area (Å²) < 4.78 is 2.54. The molecule has 2 aliphatic carbocycles. The van der Waals surface area contributed by atoms with Crippen molar-refractivity contribution in [3.8, 4) is 50.2 Å². The molecule has 0 aliphatic heterocycles. The minimum Gasteiger partial charge on any atom is -0.309 e. The predicted molar refractivity (Wildman–Crippen MR) is 291 cm³/mol. The number of hydrogen-bond donors (Lipinski definition) is 0. The van der Waals surface area contributed by atoms with Crippen LogP contribution in [-0.2, 0) is 5.41 Å². The number of nitrogens with zero attached hydrogens (tertiary/aromatic N) is 2. The van der Waals surface area contributed by atoms with E-state index in [9.17, 15) is 0 Å². The molecule has 1 heterocycles. The first kappa shape index (κ1) is 39.7. The van der Waals surface area contributed by atoms with Gasteiger partial charge < -0.3 is 9.47 Å². The van der Waals surface area contributed by atoms with Crippen LogP contribution in [0.25, 0.3) is 93.5 Å². The summed E-state index contributed by atoms with van der Waals surface area (Å²) in [4.78, 5) is 2.48. The average Bonchev–Trinajstić information content (AvgIpc) is 4.13. The van der Waals surface area contributed by atoms with E-state index in [1.54, 1.807) is 0 Å². The van der Waals surface area contributed by atoms with Crippen molar-refractivity contribution >= 4 is 60.4 Å². The van der Waals surface area contributed by atoms with Crippen molar-refractivity contribution in [2.75, 3.05) is 4.90 Å². The maximum atomic E-state index is 2.55. The third-order valence-corrected chi connectivity index (χ3v) is 15.5. The second-order valence-electron chi connectivity index (χ2n) is 19.1.